The highest BCUT2D eigenvalue weighted by Crippen LogP contribution is 2.12. The molecule has 0 aliphatic rings. The van der Waals surface area contributed by atoms with Crippen molar-refractivity contribution < 1.29 is 9.53 Å². The molecule has 7 heteroatoms. The fourth-order valence-electron chi connectivity index (χ4n) is 1.21. The van der Waals surface area contributed by atoms with Gasteiger partial charge in [0, 0.05) is 0 Å². The minimum atomic E-state index is -0.440. The molecule has 0 unspecified atom stereocenters. The lowest BCUT2D eigenvalue weighted by Crippen LogP contribution is -2.09. The first-order valence-corrected chi connectivity index (χ1v) is 5.92. The Balaban J connectivity index is 2.45. The number of carbonyl (C=O) groups is 1. The van der Waals surface area contributed by atoms with Gasteiger partial charge in [-0.2, -0.15) is 9.61 Å². The Morgan fingerprint density at radius 1 is 1.50 bits per heavy atom. The molecule has 0 saturated heterocycles. The van der Waals surface area contributed by atoms with Crippen LogP contribution in [0.4, 0.5) is 0 Å². The molecule has 0 fully saturated rings. The first kappa shape index (κ1) is 10.9. The maximum Gasteiger partial charge on any atom is 0.358 e. The lowest BCUT2D eigenvalue weighted by Gasteiger charge is -2.01. The van der Waals surface area contributed by atoms with Crippen molar-refractivity contribution in [2.45, 2.75) is 12.1 Å². The fourth-order valence-corrected chi connectivity index (χ4v) is 1.64. The van der Waals surface area contributed by atoms with Crippen molar-refractivity contribution in [3.8, 4) is 0 Å². The number of ether oxygens (including phenoxy) is 1. The topological polar surface area (TPSA) is 69.4 Å². The van der Waals surface area contributed by atoms with Gasteiger partial charge < -0.3 is 4.74 Å². The monoisotopic (exact) mass is 238 g/mol. The van der Waals surface area contributed by atoms with Crippen molar-refractivity contribution in [3.05, 3.63) is 17.8 Å². The summed E-state index contributed by atoms with van der Waals surface area (Å²) in [6.07, 6.45) is 1.87. The van der Waals surface area contributed by atoms with E-state index < -0.39 is 5.97 Å². The number of nitrogens with zero attached hydrogens (tertiary/aromatic N) is 4. The van der Waals surface area contributed by atoms with E-state index in [1.807, 2.05) is 6.26 Å². The molecule has 0 atom stereocenters. The Morgan fingerprint density at radius 3 is 3.00 bits per heavy atom. The Labute approximate surface area is 96.0 Å². The van der Waals surface area contributed by atoms with Crippen LogP contribution in [0.5, 0.6) is 0 Å². The first-order chi connectivity index (χ1) is 7.76. The summed E-state index contributed by atoms with van der Waals surface area (Å²) in [5.41, 5.74) is 0.863. The summed E-state index contributed by atoms with van der Waals surface area (Å²) in [6, 6.07) is 3.26. The summed E-state index contributed by atoms with van der Waals surface area (Å²) >= 11 is 1.41. The number of esters is 1. The van der Waals surface area contributed by atoms with Crippen molar-refractivity contribution in [1.29, 1.82) is 0 Å². The van der Waals surface area contributed by atoms with Crippen LogP contribution in [-0.2, 0) is 4.74 Å². The van der Waals surface area contributed by atoms with E-state index in [2.05, 4.69) is 15.3 Å². The van der Waals surface area contributed by atoms with Gasteiger partial charge in [0.05, 0.1) is 6.61 Å². The molecule has 2 aromatic rings. The molecule has 0 radical (unpaired) electrons. The first-order valence-electron chi connectivity index (χ1n) is 4.70. The molecule has 84 valence electrons. The molecule has 0 aliphatic carbocycles. The van der Waals surface area contributed by atoms with Crippen LogP contribution in [0.25, 0.3) is 5.65 Å². The van der Waals surface area contributed by atoms with E-state index in [0.717, 1.165) is 0 Å². The average molecular weight is 238 g/mol. The van der Waals surface area contributed by atoms with Crippen molar-refractivity contribution in [2.75, 3.05) is 12.9 Å². The van der Waals surface area contributed by atoms with E-state index in [1.165, 1.54) is 16.3 Å². The smallest absolute Gasteiger partial charge is 0.358 e. The van der Waals surface area contributed by atoms with Crippen LogP contribution in [-0.4, -0.2) is 38.6 Å². The minimum absolute atomic E-state index is 0.254. The number of rotatable bonds is 3. The third-order valence-electron chi connectivity index (χ3n) is 1.90. The predicted molar refractivity (Wildman–Crippen MR) is 58.5 cm³/mol. The standard InChI is InChI=1S/C9H10N4O2S/c1-3-15-8(14)6-4-5-7-10-11-9(16-2)13(7)12-6/h4-5H,3H2,1-2H3. The van der Waals surface area contributed by atoms with Crippen LogP contribution in [0, 0.1) is 0 Å². The molecule has 0 N–H and O–H groups in total. The normalized spacial score (nSPS) is 10.6. The number of hydrogen-bond acceptors (Lipinski definition) is 6. The van der Waals surface area contributed by atoms with E-state index in [1.54, 1.807) is 19.1 Å². The molecule has 0 bridgehead atoms. The van der Waals surface area contributed by atoms with Crippen molar-refractivity contribution in [1.82, 2.24) is 19.8 Å². The molecule has 0 aromatic carbocycles. The zero-order valence-electron chi connectivity index (χ0n) is 8.88. The Bertz CT molecular complexity index is 525. The van der Waals surface area contributed by atoms with E-state index >= 15 is 0 Å². The summed E-state index contributed by atoms with van der Waals surface area (Å²) in [5.74, 6) is -0.440. The molecule has 2 aromatic heterocycles. The van der Waals surface area contributed by atoms with Crippen molar-refractivity contribution in [2.24, 2.45) is 0 Å². The quantitative estimate of drug-likeness (QED) is 0.587. The number of fused-ring (bicyclic) bond motifs is 1. The third kappa shape index (κ3) is 1.85. The van der Waals surface area contributed by atoms with Crippen LogP contribution in [0.15, 0.2) is 17.3 Å². The second-order valence-corrected chi connectivity index (χ2v) is 3.67. The highest BCUT2D eigenvalue weighted by Gasteiger charge is 2.12. The molecule has 2 heterocycles. The van der Waals surface area contributed by atoms with Crippen molar-refractivity contribution >= 4 is 23.4 Å². The van der Waals surface area contributed by atoms with Gasteiger partial charge in [-0.25, -0.2) is 4.79 Å². The summed E-state index contributed by atoms with van der Waals surface area (Å²) in [5, 5.41) is 12.6. The minimum Gasteiger partial charge on any atom is -0.461 e. The van der Waals surface area contributed by atoms with Gasteiger partial charge in [-0.3, -0.25) is 0 Å². The zero-order valence-corrected chi connectivity index (χ0v) is 9.69. The summed E-state index contributed by atoms with van der Waals surface area (Å²) in [4.78, 5) is 11.5. The molecule has 0 saturated carbocycles. The van der Waals surface area contributed by atoms with Gasteiger partial charge in [0.2, 0.25) is 5.16 Å². The van der Waals surface area contributed by atoms with Crippen LogP contribution < -0.4 is 0 Å². The fraction of sp³-hybridized carbons (Fsp3) is 0.333. The number of thioether (sulfide) groups is 1. The van der Waals surface area contributed by atoms with E-state index in [0.29, 0.717) is 17.4 Å². The average Bonchev–Trinajstić information content (AvgIpc) is 2.71. The number of carbonyl (C=O) groups excluding carboxylic acids is 1. The molecule has 0 aliphatic heterocycles. The van der Waals surface area contributed by atoms with Crippen molar-refractivity contribution in [3.63, 3.8) is 0 Å². The van der Waals surface area contributed by atoms with Gasteiger partial charge >= 0.3 is 5.97 Å². The molecule has 2 rings (SSSR count). The predicted octanol–water partition coefficient (Wildman–Crippen LogP) is 1.02. The summed E-state index contributed by atoms with van der Waals surface area (Å²) < 4.78 is 6.39. The maximum absolute atomic E-state index is 11.5. The summed E-state index contributed by atoms with van der Waals surface area (Å²) in [6.45, 7) is 2.08. The maximum atomic E-state index is 11.5. The van der Waals surface area contributed by atoms with E-state index in [9.17, 15) is 4.79 Å². The second-order valence-electron chi connectivity index (χ2n) is 2.90. The number of aromatic nitrogens is 4. The van der Waals surface area contributed by atoms with Crippen LogP contribution in [0.2, 0.25) is 0 Å². The number of hydrogen-bond donors (Lipinski definition) is 0. The molecule has 0 amide bonds. The Morgan fingerprint density at radius 2 is 2.31 bits per heavy atom. The largest absolute Gasteiger partial charge is 0.461 e. The van der Waals surface area contributed by atoms with Crippen LogP contribution >= 0.6 is 11.8 Å². The lowest BCUT2D eigenvalue weighted by molar-refractivity contribution is 0.0517. The van der Waals surface area contributed by atoms with E-state index in [-0.39, 0.29) is 5.69 Å². The van der Waals surface area contributed by atoms with Gasteiger partial charge in [-0.05, 0) is 25.3 Å². The van der Waals surface area contributed by atoms with Gasteiger partial charge in [-0.1, -0.05) is 11.8 Å². The highest BCUT2D eigenvalue weighted by atomic mass is 32.2. The van der Waals surface area contributed by atoms with Crippen LogP contribution in [0.1, 0.15) is 17.4 Å². The molecule has 6 nitrogen and oxygen atoms in total. The lowest BCUT2D eigenvalue weighted by atomic mass is 10.4. The van der Waals surface area contributed by atoms with E-state index in [4.69, 9.17) is 4.74 Å². The zero-order chi connectivity index (χ0) is 11.5. The third-order valence-corrected chi connectivity index (χ3v) is 2.52. The second kappa shape index (κ2) is 4.48. The highest BCUT2D eigenvalue weighted by molar-refractivity contribution is 7.98. The molecular formula is C9H10N4O2S. The summed E-state index contributed by atoms with van der Waals surface area (Å²) in [7, 11) is 0. The molecular weight excluding hydrogens is 228 g/mol. The van der Waals surface area contributed by atoms with Gasteiger partial charge in [0.1, 0.15) is 0 Å². The SMILES string of the molecule is CCOC(=O)c1ccc2nnc(SC)n2n1. The van der Waals surface area contributed by atoms with Crippen LogP contribution in [0.3, 0.4) is 0 Å². The van der Waals surface area contributed by atoms with Gasteiger partial charge in [0.25, 0.3) is 0 Å². The Hall–Kier alpha value is -1.63. The van der Waals surface area contributed by atoms with Gasteiger partial charge in [-0.15, -0.1) is 10.2 Å². The molecule has 16 heavy (non-hydrogen) atoms. The Kier molecular flexibility index (Phi) is 3.04. The van der Waals surface area contributed by atoms with Gasteiger partial charge in [0.15, 0.2) is 11.3 Å². The molecule has 0 spiro atoms.